The fourth-order valence-corrected chi connectivity index (χ4v) is 5.74. The molecular formula is C33H31FN4O4. The lowest BCUT2D eigenvalue weighted by molar-refractivity contribution is 0.138. The van der Waals surface area contributed by atoms with Gasteiger partial charge in [0.05, 0.1) is 11.4 Å². The van der Waals surface area contributed by atoms with Gasteiger partial charge in [0.25, 0.3) is 5.56 Å². The molecule has 8 nitrogen and oxygen atoms in total. The Hall–Kier alpha value is -4.79. The lowest BCUT2D eigenvalue weighted by Gasteiger charge is -2.17. The number of nitrogens with zero attached hydrogens (tertiary/aromatic N) is 3. The fraction of sp³-hybridized carbons (Fsp3) is 0.273. The first-order valence-electron chi connectivity index (χ1n) is 14.0. The smallest absolute Gasteiger partial charge is 0.439 e. The van der Waals surface area contributed by atoms with E-state index in [-0.39, 0.29) is 23.4 Å². The van der Waals surface area contributed by atoms with E-state index < -0.39 is 11.6 Å². The summed E-state index contributed by atoms with van der Waals surface area (Å²) >= 11 is 0. The summed E-state index contributed by atoms with van der Waals surface area (Å²) in [6.45, 7) is 7.97. The topological polar surface area (TPSA) is 103 Å². The number of fused-ring (bicyclic) bond motifs is 1. The number of rotatable bonds is 7. The number of benzene rings is 3. The van der Waals surface area contributed by atoms with Crippen LogP contribution in [0.15, 0.2) is 74.8 Å². The normalized spacial score (nSPS) is 13.6. The van der Waals surface area contributed by atoms with E-state index >= 15 is 4.39 Å². The number of hydrogen-bond acceptors (Lipinski definition) is 6. The van der Waals surface area contributed by atoms with Crippen LogP contribution in [-0.4, -0.2) is 25.3 Å². The van der Waals surface area contributed by atoms with Crippen LogP contribution in [0.5, 0.6) is 5.75 Å². The number of aromatic amines is 1. The van der Waals surface area contributed by atoms with Crippen molar-refractivity contribution >= 4 is 0 Å². The van der Waals surface area contributed by atoms with Crippen LogP contribution in [0.2, 0.25) is 0 Å². The van der Waals surface area contributed by atoms with Gasteiger partial charge >= 0.3 is 5.76 Å². The molecule has 0 fully saturated rings. The van der Waals surface area contributed by atoms with E-state index in [9.17, 15) is 9.59 Å². The predicted molar refractivity (Wildman–Crippen MR) is 158 cm³/mol. The molecule has 9 heteroatoms. The Morgan fingerprint density at radius 2 is 1.81 bits per heavy atom. The maximum Gasteiger partial charge on any atom is 0.439 e. The minimum atomic E-state index is -0.687. The van der Waals surface area contributed by atoms with Crippen molar-refractivity contribution in [1.29, 1.82) is 0 Å². The molecule has 5 aromatic rings. The standard InChI is InChI=1S/C33H31FN4O4/c1-5-8-28-26(31(39)38(19(2)35-28)22-12-14-29-21(17-22)18-33(3,4)41-29)15-20-11-13-24(27(34)16-20)23-9-6-7-10-25(23)30-36-32(40)42-37-30/h6-7,9-14,16-17H,5,8,15,18H2,1-4H3,(H,36,37,40). The van der Waals surface area contributed by atoms with Crippen LogP contribution in [0.4, 0.5) is 4.39 Å². The fourth-order valence-electron chi connectivity index (χ4n) is 5.74. The average molecular weight is 567 g/mol. The van der Waals surface area contributed by atoms with Crippen molar-refractivity contribution in [3.63, 3.8) is 0 Å². The van der Waals surface area contributed by atoms with Gasteiger partial charge in [0.1, 0.15) is 23.0 Å². The molecule has 0 amide bonds. The van der Waals surface area contributed by atoms with Crippen molar-refractivity contribution in [2.75, 3.05) is 0 Å². The van der Waals surface area contributed by atoms with Crippen LogP contribution >= 0.6 is 0 Å². The molecule has 1 N–H and O–H groups in total. The molecule has 0 atom stereocenters. The molecule has 0 bridgehead atoms. The zero-order chi connectivity index (χ0) is 29.6. The molecule has 2 aromatic heterocycles. The third kappa shape index (κ3) is 5.06. The number of aromatic nitrogens is 4. The number of ether oxygens (including phenoxy) is 1. The summed E-state index contributed by atoms with van der Waals surface area (Å²) in [5.41, 5.74) is 4.70. The maximum absolute atomic E-state index is 15.7. The van der Waals surface area contributed by atoms with E-state index in [2.05, 4.69) is 14.7 Å². The summed E-state index contributed by atoms with van der Waals surface area (Å²) in [4.78, 5) is 32.9. The highest BCUT2D eigenvalue weighted by atomic mass is 19.1. The summed E-state index contributed by atoms with van der Waals surface area (Å²) in [7, 11) is 0. The van der Waals surface area contributed by atoms with E-state index in [0.29, 0.717) is 40.1 Å². The molecule has 214 valence electrons. The Bertz CT molecular complexity index is 1940. The summed E-state index contributed by atoms with van der Waals surface area (Å²) < 4.78 is 28.0. The van der Waals surface area contributed by atoms with Gasteiger partial charge in [-0.15, -0.1) is 0 Å². The van der Waals surface area contributed by atoms with E-state index in [1.54, 1.807) is 34.9 Å². The molecule has 42 heavy (non-hydrogen) atoms. The minimum Gasteiger partial charge on any atom is -0.487 e. The Morgan fingerprint density at radius 3 is 2.52 bits per heavy atom. The highest BCUT2D eigenvalue weighted by Crippen LogP contribution is 2.36. The van der Waals surface area contributed by atoms with Gasteiger partial charge in [-0.25, -0.2) is 14.2 Å². The van der Waals surface area contributed by atoms with Crippen molar-refractivity contribution in [2.24, 2.45) is 0 Å². The molecule has 0 aliphatic carbocycles. The zero-order valence-corrected chi connectivity index (χ0v) is 24.0. The van der Waals surface area contributed by atoms with Gasteiger partial charge in [-0.3, -0.25) is 18.9 Å². The van der Waals surface area contributed by atoms with Gasteiger partial charge in [0, 0.05) is 35.1 Å². The summed E-state index contributed by atoms with van der Waals surface area (Å²) in [5.74, 6) is 0.514. The van der Waals surface area contributed by atoms with Crippen molar-refractivity contribution < 1.29 is 13.7 Å². The number of halogens is 1. The highest BCUT2D eigenvalue weighted by molar-refractivity contribution is 5.80. The monoisotopic (exact) mass is 566 g/mol. The van der Waals surface area contributed by atoms with Crippen LogP contribution in [0.25, 0.3) is 28.2 Å². The molecule has 6 rings (SSSR count). The van der Waals surface area contributed by atoms with E-state index in [1.807, 2.05) is 52.0 Å². The molecule has 0 saturated heterocycles. The number of hydrogen-bond donors (Lipinski definition) is 1. The quantitative estimate of drug-likeness (QED) is 0.261. The first-order valence-corrected chi connectivity index (χ1v) is 14.0. The van der Waals surface area contributed by atoms with Gasteiger partial charge < -0.3 is 4.74 Å². The second-order valence-corrected chi connectivity index (χ2v) is 11.3. The maximum atomic E-state index is 15.7. The van der Waals surface area contributed by atoms with Crippen LogP contribution in [0, 0.1) is 12.7 Å². The Kier molecular flexibility index (Phi) is 6.88. The Morgan fingerprint density at radius 1 is 1.02 bits per heavy atom. The van der Waals surface area contributed by atoms with Gasteiger partial charge in [-0.1, -0.05) is 54.9 Å². The Balaban J connectivity index is 1.39. The third-order valence-corrected chi connectivity index (χ3v) is 7.55. The average Bonchev–Trinajstić information content (AvgIpc) is 3.51. The molecule has 3 aromatic carbocycles. The number of H-pyrrole nitrogens is 1. The van der Waals surface area contributed by atoms with Crippen molar-refractivity contribution in [3.05, 3.63) is 116 Å². The highest BCUT2D eigenvalue weighted by Gasteiger charge is 2.30. The van der Waals surface area contributed by atoms with Crippen LogP contribution in [0.3, 0.4) is 0 Å². The SMILES string of the molecule is CCCc1nc(C)n(-c2ccc3c(c2)CC(C)(C)O3)c(=O)c1Cc1ccc(-c2ccccc2-c2noc(=O)[nH]2)c(F)c1. The van der Waals surface area contributed by atoms with Gasteiger partial charge in [-0.2, -0.15) is 0 Å². The van der Waals surface area contributed by atoms with E-state index in [0.717, 1.165) is 35.5 Å². The van der Waals surface area contributed by atoms with E-state index in [4.69, 9.17) is 9.72 Å². The Labute approximate surface area is 241 Å². The summed E-state index contributed by atoms with van der Waals surface area (Å²) in [6.07, 6.45) is 2.45. The summed E-state index contributed by atoms with van der Waals surface area (Å²) in [5, 5.41) is 3.76. The second kappa shape index (κ2) is 10.6. The van der Waals surface area contributed by atoms with E-state index in [1.165, 1.54) is 6.07 Å². The molecule has 0 saturated carbocycles. The second-order valence-electron chi connectivity index (χ2n) is 11.3. The van der Waals surface area contributed by atoms with Gasteiger partial charge in [-0.05, 0) is 62.6 Å². The minimum absolute atomic E-state index is 0.158. The van der Waals surface area contributed by atoms with Crippen LogP contribution < -0.4 is 16.1 Å². The van der Waals surface area contributed by atoms with Crippen molar-refractivity contribution in [2.45, 2.75) is 59.0 Å². The van der Waals surface area contributed by atoms with Gasteiger partial charge in [0.15, 0.2) is 5.82 Å². The van der Waals surface area contributed by atoms with Gasteiger partial charge in [0.2, 0.25) is 0 Å². The molecule has 0 spiro atoms. The zero-order valence-electron chi connectivity index (χ0n) is 24.0. The largest absolute Gasteiger partial charge is 0.487 e. The van der Waals surface area contributed by atoms with Crippen molar-refractivity contribution in [3.8, 4) is 34.0 Å². The first kappa shape index (κ1) is 27.4. The molecule has 0 radical (unpaired) electrons. The lowest BCUT2D eigenvalue weighted by atomic mass is 9.95. The molecule has 1 aliphatic heterocycles. The van der Waals surface area contributed by atoms with Crippen molar-refractivity contribution in [1.82, 2.24) is 19.7 Å². The molecular weight excluding hydrogens is 535 g/mol. The lowest BCUT2D eigenvalue weighted by Crippen LogP contribution is -2.28. The molecule has 3 heterocycles. The predicted octanol–water partition coefficient (Wildman–Crippen LogP) is 5.95. The summed E-state index contributed by atoms with van der Waals surface area (Å²) in [6, 6.07) is 17.8. The number of aryl methyl sites for hydroxylation is 2. The van der Waals surface area contributed by atoms with Crippen LogP contribution in [-0.2, 0) is 19.3 Å². The third-order valence-electron chi connectivity index (χ3n) is 7.55. The van der Waals surface area contributed by atoms with Crippen LogP contribution in [0.1, 0.15) is 55.4 Å². The molecule has 1 aliphatic rings. The number of nitrogens with one attached hydrogen (secondary N) is 1. The first-order chi connectivity index (χ1) is 20.1. The molecule has 0 unspecified atom stereocenters.